The Morgan fingerprint density at radius 1 is 1.18 bits per heavy atom. The molecule has 2 fully saturated rings. The van der Waals surface area contributed by atoms with Gasteiger partial charge in [-0.2, -0.15) is 0 Å². The molecule has 2 aliphatic heterocycles. The summed E-state index contributed by atoms with van der Waals surface area (Å²) in [4.78, 5) is 25.0. The Hall–Kier alpha value is -2.23. The van der Waals surface area contributed by atoms with E-state index in [1.54, 1.807) is 18.2 Å². The fourth-order valence-corrected chi connectivity index (χ4v) is 6.41. The highest BCUT2D eigenvalue weighted by molar-refractivity contribution is 7.91. The Balaban J connectivity index is 1.20. The maximum atomic E-state index is 13.4. The number of amides is 1. The molecule has 33 heavy (non-hydrogen) atoms. The van der Waals surface area contributed by atoms with Gasteiger partial charge in [0.1, 0.15) is 17.2 Å². The second kappa shape index (κ2) is 7.92. The SMILES string of the molecule is [2H]C([2H])([2H])N1C(=O)C2(CCN(CCOc3cnc(C4(S(C)(=O)=O)CC4)nc3)CC2)c2cc(Cl)ccc21. The molecule has 2 aromatic rings. The average Bonchev–Trinajstić information content (AvgIpc) is 3.59. The molecule has 0 radical (unpaired) electrons. The van der Waals surface area contributed by atoms with Crippen molar-refractivity contribution < 1.29 is 22.1 Å². The molecule has 1 saturated carbocycles. The summed E-state index contributed by atoms with van der Waals surface area (Å²) in [6, 6.07) is 4.95. The number of halogens is 1. The van der Waals surface area contributed by atoms with Crippen LogP contribution in [0.25, 0.3) is 0 Å². The van der Waals surface area contributed by atoms with E-state index in [2.05, 4.69) is 14.9 Å². The molecule has 1 saturated heterocycles. The Kier molecular flexibility index (Phi) is 4.59. The molecule has 10 heteroatoms. The van der Waals surface area contributed by atoms with Gasteiger partial charge in [0.2, 0.25) is 5.91 Å². The van der Waals surface area contributed by atoms with Gasteiger partial charge in [-0.1, -0.05) is 11.6 Å². The van der Waals surface area contributed by atoms with Crippen molar-refractivity contribution in [3.05, 3.63) is 47.0 Å². The van der Waals surface area contributed by atoms with Gasteiger partial charge in [0.25, 0.3) is 0 Å². The third-order valence-electron chi connectivity index (χ3n) is 7.16. The predicted molar refractivity (Wildman–Crippen MR) is 125 cm³/mol. The quantitative estimate of drug-likeness (QED) is 0.610. The molecule has 176 valence electrons. The first-order valence-electron chi connectivity index (χ1n) is 12.4. The van der Waals surface area contributed by atoms with E-state index in [1.165, 1.54) is 18.6 Å². The molecule has 5 rings (SSSR count). The molecule has 1 aromatic heterocycles. The van der Waals surface area contributed by atoms with Crippen LogP contribution in [-0.2, 0) is 24.8 Å². The van der Waals surface area contributed by atoms with E-state index < -0.39 is 32.9 Å². The highest BCUT2D eigenvalue weighted by atomic mass is 35.5. The molecular formula is C23H27ClN4O4S. The third-order valence-corrected chi connectivity index (χ3v) is 9.41. The van der Waals surface area contributed by atoms with Crippen LogP contribution in [0.5, 0.6) is 5.75 Å². The van der Waals surface area contributed by atoms with Crippen molar-refractivity contribution in [2.24, 2.45) is 0 Å². The summed E-state index contributed by atoms with van der Waals surface area (Å²) in [6.07, 6.45) is 6.25. The minimum atomic E-state index is -3.27. The summed E-state index contributed by atoms with van der Waals surface area (Å²) in [7, 11) is -3.27. The molecule has 0 unspecified atom stereocenters. The molecule has 0 bridgehead atoms. The molecule has 1 amide bonds. The Bertz CT molecular complexity index is 1290. The minimum absolute atomic E-state index is 0.311. The monoisotopic (exact) mass is 493 g/mol. The summed E-state index contributed by atoms with van der Waals surface area (Å²) >= 11 is 6.21. The van der Waals surface area contributed by atoms with Gasteiger partial charge in [0.15, 0.2) is 15.6 Å². The lowest BCUT2D eigenvalue weighted by Gasteiger charge is -2.38. The zero-order chi connectivity index (χ0) is 25.9. The zero-order valence-corrected chi connectivity index (χ0v) is 19.8. The summed E-state index contributed by atoms with van der Waals surface area (Å²) in [5.41, 5.74) is 0.203. The predicted octanol–water partition coefficient (Wildman–Crippen LogP) is 2.55. The van der Waals surface area contributed by atoms with Crippen LogP contribution in [0.2, 0.25) is 5.02 Å². The van der Waals surface area contributed by atoms with Crippen molar-refractivity contribution >= 4 is 33.0 Å². The smallest absolute Gasteiger partial charge is 0.237 e. The van der Waals surface area contributed by atoms with Crippen LogP contribution >= 0.6 is 11.6 Å². The summed E-state index contributed by atoms with van der Waals surface area (Å²) in [5.74, 6) is 0.376. The van der Waals surface area contributed by atoms with Crippen molar-refractivity contribution in [1.82, 2.24) is 14.9 Å². The zero-order valence-electron chi connectivity index (χ0n) is 21.3. The summed E-state index contributed by atoms with van der Waals surface area (Å²) < 4.78 is 52.5. The second-order valence-electron chi connectivity index (χ2n) is 9.08. The molecule has 1 spiro atoms. The van der Waals surface area contributed by atoms with Crippen LogP contribution in [-0.4, -0.2) is 68.7 Å². The lowest BCUT2D eigenvalue weighted by Crippen LogP contribution is -2.48. The number of carbonyl (C=O) groups is 1. The highest BCUT2D eigenvalue weighted by Gasteiger charge is 2.56. The molecule has 8 nitrogen and oxygen atoms in total. The fourth-order valence-electron chi connectivity index (χ4n) is 4.96. The number of carbonyl (C=O) groups excluding carboxylic acids is 1. The standard InChI is InChI=1S/C23H27ClN4O4S/c1-27-19-4-3-16(24)13-18(19)22(21(27)29)7-9-28(10-8-22)11-12-32-17-14-25-20(26-15-17)23(5-6-23)33(2,30)31/h3-4,13-15H,5-12H2,1-2H3/i1D3. The molecule has 0 N–H and O–H groups in total. The van der Waals surface area contributed by atoms with Gasteiger partial charge in [-0.05, 0) is 62.5 Å². The van der Waals surface area contributed by atoms with Crippen molar-refractivity contribution in [3.8, 4) is 5.75 Å². The van der Waals surface area contributed by atoms with E-state index in [9.17, 15) is 13.2 Å². The van der Waals surface area contributed by atoms with Gasteiger partial charge in [-0.15, -0.1) is 0 Å². The number of nitrogens with zero attached hydrogens (tertiary/aromatic N) is 4. The van der Waals surface area contributed by atoms with Crippen LogP contribution in [0.3, 0.4) is 0 Å². The maximum Gasteiger partial charge on any atom is 0.237 e. The van der Waals surface area contributed by atoms with E-state index in [0.717, 1.165) is 4.90 Å². The highest BCUT2D eigenvalue weighted by Crippen LogP contribution is 2.51. The average molecular weight is 494 g/mol. The molecule has 1 aromatic carbocycles. The number of rotatable bonds is 6. The van der Waals surface area contributed by atoms with E-state index in [0.29, 0.717) is 79.8 Å². The van der Waals surface area contributed by atoms with Gasteiger partial charge < -0.3 is 9.64 Å². The van der Waals surface area contributed by atoms with Crippen molar-refractivity contribution in [1.29, 1.82) is 0 Å². The Morgan fingerprint density at radius 2 is 1.88 bits per heavy atom. The molecular weight excluding hydrogens is 464 g/mol. The van der Waals surface area contributed by atoms with Crippen molar-refractivity contribution in [2.45, 2.75) is 35.8 Å². The first-order valence-corrected chi connectivity index (χ1v) is 13.2. The largest absolute Gasteiger partial charge is 0.489 e. The van der Waals surface area contributed by atoms with Crippen LogP contribution in [0.4, 0.5) is 5.69 Å². The fraction of sp³-hybridized carbons (Fsp3) is 0.522. The first kappa shape index (κ1) is 19.1. The number of likely N-dealkylation sites (N-methyl/N-ethyl adjacent to an activating group) is 1. The normalized spacial score (nSPS) is 23.0. The Morgan fingerprint density at radius 3 is 2.48 bits per heavy atom. The van der Waals surface area contributed by atoms with Gasteiger partial charge in [0, 0.05) is 34.6 Å². The van der Waals surface area contributed by atoms with Crippen LogP contribution in [0.1, 0.15) is 41.2 Å². The van der Waals surface area contributed by atoms with E-state index in [1.807, 2.05) is 0 Å². The molecule has 3 aliphatic rings. The van der Waals surface area contributed by atoms with E-state index >= 15 is 0 Å². The van der Waals surface area contributed by atoms with Crippen LogP contribution in [0.15, 0.2) is 30.6 Å². The maximum absolute atomic E-state index is 13.4. The summed E-state index contributed by atoms with van der Waals surface area (Å²) in [6.45, 7) is -0.397. The third kappa shape index (κ3) is 3.70. The van der Waals surface area contributed by atoms with Gasteiger partial charge in [0.05, 0.1) is 17.8 Å². The first-order chi connectivity index (χ1) is 16.9. The number of aromatic nitrogens is 2. The minimum Gasteiger partial charge on any atom is -0.489 e. The van der Waals surface area contributed by atoms with Crippen molar-refractivity contribution in [3.63, 3.8) is 0 Å². The summed E-state index contributed by atoms with van der Waals surface area (Å²) in [5, 5.41) is 0.474. The number of anilines is 1. The Labute approximate surface area is 203 Å². The second-order valence-corrected chi connectivity index (χ2v) is 11.8. The van der Waals surface area contributed by atoms with E-state index in [-0.39, 0.29) is 0 Å². The van der Waals surface area contributed by atoms with Gasteiger partial charge in [-0.3, -0.25) is 9.69 Å². The lowest BCUT2D eigenvalue weighted by molar-refractivity contribution is -0.124. The van der Waals surface area contributed by atoms with E-state index in [4.69, 9.17) is 20.5 Å². The molecule has 1 aliphatic carbocycles. The van der Waals surface area contributed by atoms with Crippen molar-refractivity contribution in [2.75, 3.05) is 44.4 Å². The number of fused-ring (bicyclic) bond motifs is 2. The number of benzene rings is 1. The number of hydrogen-bond acceptors (Lipinski definition) is 7. The van der Waals surface area contributed by atoms with Crippen LogP contribution < -0.4 is 9.64 Å². The molecule has 3 heterocycles. The number of hydrogen-bond donors (Lipinski definition) is 0. The number of piperidine rings is 1. The van der Waals surface area contributed by atoms with Gasteiger partial charge >= 0.3 is 0 Å². The lowest BCUT2D eigenvalue weighted by atomic mass is 9.73. The number of sulfone groups is 1. The number of ether oxygens (including phenoxy) is 1. The van der Waals surface area contributed by atoms with Crippen LogP contribution in [0, 0.1) is 0 Å². The molecule has 0 atom stereocenters. The number of likely N-dealkylation sites (tertiary alicyclic amines) is 1. The topological polar surface area (TPSA) is 92.7 Å². The van der Waals surface area contributed by atoms with Gasteiger partial charge in [-0.25, -0.2) is 18.4 Å².